The number of aliphatic hydroxyl groups excluding tert-OH is 1. The van der Waals surface area contributed by atoms with Gasteiger partial charge in [-0.3, -0.25) is 4.79 Å². The Hall–Kier alpha value is -0.610. The maximum absolute atomic E-state index is 11.5. The lowest BCUT2D eigenvalue weighted by Crippen LogP contribution is -2.57. The van der Waals surface area contributed by atoms with E-state index in [1.807, 2.05) is 0 Å². The van der Waals surface area contributed by atoms with Crippen molar-refractivity contribution in [3.8, 4) is 0 Å². The van der Waals surface area contributed by atoms with Crippen LogP contribution in [0.2, 0.25) is 0 Å². The van der Waals surface area contributed by atoms with Gasteiger partial charge in [-0.1, -0.05) is 0 Å². The monoisotopic (exact) mass is 170 g/mol. The molecule has 2 bridgehead atoms. The van der Waals surface area contributed by atoms with Gasteiger partial charge in [-0.2, -0.15) is 0 Å². The van der Waals surface area contributed by atoms with Gasteiger partial charge in [-0.25, -0.2) is 0 Å². The number of aliphatic hydroxyl groups is 1. The van der Waals surface area contributed by atoms with E-state index in [1.165, 1.54) is 0 Å². The summed E-state index contributed by atoms with van der Waals surface area (Å²) in [7, 11) is 0. The minimum atomic E-state index is -0.636. The topological polar surface area (TPSA) is 52.6 Å². The molecule has 0 spiro atoms. The number of nitrogens with one attached hydrogen (secondary N) is 1. The minimum Gasteiger partial charge on any atom is -0.374 e. The molecule has 0 aromatic rings. The number of piperazine rings is 1. The number of nitrogens with zero attached hydrogens (tertiary/aromatic N) is 1. The molecule has 2 fully saturated rings. The van der Waals surface area contributed by atoms with Crippen LogP contribution in [0.3, 0.4) is 0 Å². The summed E-state index contributed by atoms with van der Waals surface area (Å²) in [6, 6.07) is 0.376. The summed E-state index contributed by atoms with van der Waals surface area (Å²) >= 11 is 0. The van der Waals surface area contributed by atoms with Crippen molar-refractivity contribution in [2.24, 2.45) is 0 Å². The van der Waals surface area contributed by atoms with Crippen molar-refractivity contribution in [1.82, 2.24) is 10.2 Å². The van der Waals surface area contributed by atoms with E-state index in [0.717, 1.165) is 12.8 Å². The molecule has 0 aromatic carbocycles. The Kier molecular flexibility index (Phi) is 1.81. The number of hydrogen-bond donors (Lipinski definition) is 2. The highest BCUT2D eigenvalue weighted by atomic mass is 16.3. The molecule has 0 saturated carbocycles. The van der Waals surface area contributed by atoms with Crippen LogP contribution in [0.25, 0.3) is 0 Å². The van der Waals surface area contributed by atoms with Gasteiger partial charge in [0.2, 0.25) is 5.91 Å². The van der Waals surface area contributed by atoms with Crippen LogP contribution >= 0.6 is 0 Å². The second kappa shape index (κ2) is 2.71. The van der Waals surface area contributed by atoms with Crippen LogP contribution in [0.5, 0.6) is 0 Å². The summed E-state index contributed by atoms with van der Waals surface area (Å²) in [6.45, 7) is 2.30. The zero-order valence-corrected chi connectivity index (χ0v) is 7.16. The first-order valence-corrected chi connectivity index (χ1v) is 4.43. The molecule has 12 heavy (non-hydrogen) atoms. The quantitative estimate of drug-likeness (QED) is 0.546. The minimum absolute atomic E-state index is 0.0293. The number of fused-ring (bicyclic) bond motifs is 2. The van der Waals surface area contributed by atoms with Gasteiger partial charge in [0.15, 0.2) is 0 Å². The van der Waals surface area contributed by atoms with Crippen LogP contribution in [0.1, 0.15) is 19.8 Å². The molecule has 2 aliphatic heterocycles. The Labute approximate surface area is 71.5 Å². The average Bonchev–Trinajstić information content (AvgIpc) is 2.41. The highest BCUT2D eigenvalue weighted by molar-refractivity contribution is 5.83. The van der Waals surface area contributed by atoms with Gasteiger partial charge in [0, 0.05) is 12.6 Å². The van der Waals surface area contributed by atoms with E-state index in [1.54, 1.807) is 11.8 Å². The number of hydrogen-bond acceptors (Lipinski definition) is 3. The molecule has 2 saturated heterocycles. The van der Waals surface area contributed by atoms with E-state index in [0.29, 0.717) is 12.6 Å². The molecule has 1 amide bonds. The molecule has 4 heteroatoms. The maximum atomic E-state index is 11.5. The van der Waals surface area contributed by atoms with E-state index in [-0.39, 0.29) is 11.9 Å². The Balaban J connectivity index is 2.13. The Morgan fingerprint density at radius 2 is 2.42 bits per heavy atom. The molecule has 4 nitrogen and oxygen atoms in total. The first-order valence-electron chi connectivity index (χ1n) is 4.43. The number of rotatable bonds is 1. The summed E-state index contributed by atoms with van der Waals surface area (Å²) in [5.74, 6) is 0.0544. The smallest absolute Gasteiger partial charge is 0.241 e. The fraction of sp³-hybridized carbons (Fsp3) is 0.875. The second-order valence-electron chi connectivity index (χ2n) is 3.62. The highest BCUT2D eigenvalue weighted by Crippen LogP contribution is 2.21. The molecule has 3 unspecified atom stereocenters. The zero-order valence-electron chi connectivity index (χ0n) is 7.16. The van der Waals surface area contributed by atoms with Crippen molar-refractivity contribution in [2.45, 2.75) is 38.1 Å². The molecule has 68 valence electrons. The third-order valence-corrected chi connectivity index (χ3v) is 2.69. The molecular formula is C8H14N2O2. The Bertz CT molecular complexity index is 205. The van der Waals surface area contributed by atoms with Gasteiger partial charge in [-0.15, -0.1) is 0 Å². The van der Waals surface area contributed by atoms with Crippen molar-refractivity contribution in [2.75, 3.05) is 6.54 Å². The van der Waals surface area contributed by atoms with Gasteiger partial charge >= 0.3 is 0 Å². The van der Waals surface area contributed by atoms with E-state index in [9.17, 15) is 9.90 Å². The standard InChI is InChI=1S/C8H14N2O2/c1-5(11)10-4-6-2-3-7(9-6)8(10)12/h5-7,9,11H,2-4H2,1H3. The van der Waals surface area contributed by atoms with E-state index >= 15 is 0 Å². The number of carbonyl (C=O) groups excluding carboxylic acids is 1. The lowest BCUT2D eigenvalue weighted by molar-refractivity contribution is -0.144. The largest absolute Gasteiger partial charge is 0.374 e. The van der Waals surface area contributed by atoms with E-state index in [4.69, 9.17) is 0 Å². The normalized spacial score (nSPS) is 37.2. The molecule has 2 N–H and O–H groups in total. The molecule has 0 aromatic heterocycles. The van der Waals surface area contributed by atoms with Gasteiger partial charge in [0.1, 0.15) is 6.23 Å². The summed E-state index contributed by atoms with van der Waals surface area (Å²) in [5.41, 5.74) is 0. The Morgan fingerprint density at radius 3 is 3.08 bits per heavy atom. The predicted octanol–water partition coefficient (Wildman–Crippen LogP) is -0.713. The predicted molar refractivity (Wildman–Crippen MR) is 43.3 cm³/mol. The average molecular weight is 170 g/mol. The van der Waals surface area contributed by atoms with Crippen LogP contribution < -0.4 is 5.32 Å². The van der Waals surface area contributed by atoms with Crippen LogP contribution in [-0.2, 0) is 4.79 Å². The number of carbonyl (C=O) groups is 1. The SMILES string of the molecule is CC(O)N1CC2CCC(N2)C1=O. The van der Waals surface area contributed by atoms with Gasteiger partial charge in [0.05, 0.1) is 6.04 Å². The molecule has 2 rings (SSSR count). The zero-order chi connectivity index (χ0) is 8.72. The molecule has 2 aliphatic rings. The van der Waals surface area contributed by atoms with Crippen molar-refractivity contribution < 1.29 is 9.90 Å². The summed E-state index contributed by atoms with van der Waals surface area (Å²) < 4.78 is 0. The van der Waals surface area contributed by atoms with Gasteiger partial charge < -0.3 is 15.3 Å². The van der Waals surface area contributed by atoms with Crippen molar-refractivity contribution in [3.63, 3.8) is 0 Å². The van der Waals surface area contributed by atoms with Crippen molar-refractivity contribution >= 4 is 5.91 Å². The summed E-state index contributed by atoms with van der Waals surface area (Å²) in [4.78, 5) is 13.1. The summed E-state index contributed by atoms with van der Waals surface area (Å²) in [5, 5.41) is 12.5. The molecule has 2 heterocycles. The molecule has 3 atom stereocenters. The molecular weight excluding hydrogens is 156 g/mol. The molecule has 0 radical (unpaired) electrons. The highest BCUT2D eigenvalue weighted by Gasteiger charge is 2.39. The van der Waals surface area contributed by atoms with Crippen molar-refractivity contribution in [3.05, 3.63) is 0 Å². The maximum Gasteiger partial charge on any atom is 0.241 e. The summed E-state index contributed by atoms with van der Waals surface area (Å²) in [6.07, 6.45) is 1.34. The Morgan fingerprint density at radius 1 is 1.67 bits per heavy atom. The van der Waals surface area contributed by atoms with Crippen LogP contribution in [0.4, 0.5) is 0 Å². The number of amides is 1. The fourth-order valence-electron chi connectivity index (χ4n) is 2.02. The van der Waals surface area contributed by atoms with Crippen LogP contribution in [-0.4, -0.2) is 40.8 Å². The van der Waals surface area contributed by atoms with Gasteiger partial charge in [-0.05, 0) is 19.8 Å². The second-order valence-corrected chi connectivity index (χ2v) is 3.62. The fourth-order valence-corrected chi connectivity index (χ4v) is 2.02. The first kappa shape index (κ1) is 8.01. The van der Waals surface area contributed by atoms with Crippen molar-refractivity contribution in [1.29, 1.82) is 0 Å². The third kappa shape index (κ3) is 1.11. The number of likely N-dealkylation sites (tertiary alicyclic amines) is 1. The first-order chi connectivity index (χ1) is 5.68. The van der Waals surface area contributed by atoms with Crippen LogP contribution in [0, 0.1) is 0 Å². The third-order valence-electron chi connectivity index (χ3n) is 2.69. The molecule has 0 aliphatic carbocycles. The lowest BCUT2D eigenvalue weighted by Gasteiger charge is -2.34. The van der Waals surface area contributed by atoms with E-state index in [2.05, 4.69) is 5.32 Å². The lowest BCUT2D eigenvalue weighted by atomic mass is 10.2. The van der Waals surface area contributed by atoms with E-state index < -0.39 is 6.23 Å². The van der Waals surface area contributed by atoms with Crippen LogP contribution in [0.15, 0.2) is 0 Å². The van der Waals surface area contributed by atoms with Gasteiger partial charge in [0.25, 0.3) is 0 Å².